The summed E-state index contributed by atoms with van der Waals surface area (Å²) in [5.74, 6) is 0.0999. The van der Waals surface area contributed by atoms with Crippen LogP contribution in [-0.2, 0) is 16.0 Å². The number of hydrogen-bond donors (Lipinski definition) is 1. The molecule has 30 heavy (non-hydrogen) atoms. The van der Waals surface area contributed by atoms with Crippen molar-refractivity contribution in [1.29, 1.82) is 0 Å². The number of rotatable bonds is 5. The number of nitrogens with zero attached hydrogens (tertiary/aromatic N) is 2. The van der Waals surface area contributed by atoms with Crippen LogP contribution in [0.1, 0.15) is 50.6 Å². The Hall–Kier alpha value is -2.41. The molecule has 0 radical (unpaired) electrons. The Kier molecular flexibility index (Phi) is 7.13. The van der Waals surface area contributed by atoms with Crippen molar-refractivity contribution in [3.8, 4) is 11.3 Å². The SMILES string of the molecule is Cc1nc(-c2ccc(CC(=O)N3CCCCC3CNC(=O)OC(C)(C)C)cc2)cs1. The average molecular weight is 430 g/mol. The van der Waals surface area contributed by atoms with Crippen LogP contribution < -0.4 is 5.32 Å². The highest BCUT2D eigenvalue weighted by molar-refractivity contribution is 7.09. The standard InChI is InChI=1S/C23H31N3O3S/c1-16-25-20(15-30-16)18-10-8-17(9-11-18)13-21(27)26-12-6-5-7-19(26)14-24-22(28)29-23(2,3)4/h8-11,15,19H,5-7,12-14H2,1-4H3,(H,24,28). The first-order valence-electron chi connectivity index (χ1n) is 10.5. The molecule has 1 unspecified atom stereocenters. The van der Waals surface area contributed by atoms with Gasteiger partial charge in [-0.1, -0.05) is 24.3 Å². The molecule has 1 aromatic heterocycles. The summed E-state index contributed by atoms with van der Waals surface area (Å²) >= 11 is 1.63. The number of likely N-dealkylation sites (tertiary alicyclic amines) is 1. The zero-order chi connectivity index (χ0) is 21.7. The Morgan fingerprint density at radius 2 is 1.97 bits per heavy atom. The summed E-state index contributed by atoms with van der Waals surface area (Å²) in [6.07, 6.45) is 2.87. The molecule has 1 fully saturated rings. The van der Waals surface area contributed by atoms with Crippen molar-refractivity contribution in [2.24, 2.45) is 0 Å². The number of ether oxygens (including phenoxy) is 1. The summed E-state index contributed by atoms with van der Waals surface area (Å²) in [5.41, 5.74) is 2.49. The molecule has 2 heterocycles. The third kappa shape index (κ3) is 6.29. The molecule has 0 bridgehead atoms. The molecule has 0 aliphatic carbocycles. The van der Waals surface area contributed by atoms with E-state index in [9.17, 15) is 9.59 Å². The van der Waals surface area contributed by atoms with Crippen molar-refractivity contribution in [2.75, 3.05) is 13.1 Å². The largest absolute Gasteiger partial charge is 0.444 e. The summed E-state index contributed by atoms with van der Waals surface area (Å²) in [5, 5.41) is 5.91. The topological polar surface area (TPSA) is 71.5 Å². The number of nitrogens with one attached hydrogen (secondary N) is 1. The van der Waals surface area contributed by atoms with Crippen molar-refractivity contribution >= 4 is 23.3 Å². The lowest BCUT2D eigenvalue weighted by molar-refractivity contribution is -0.134. The molecule has 1 aromatic carbocycles. The van der Waals surface area contributed by atoms with Gasteiger partial charge in [-0.2, -0.15) is 0 Å². The van der Waals surface area contributed by atoms with Gasteiger partial charge in [-0.25, -0.2) is 9.78 Å². The number of amides is 2. The number of piperidine rings is 1. The highest BCUT2D eigenvalue weighted by Gasteiger charge is 2.27. The van der Waals surface area contributed by atoms with Gasteiger partial charge in [0.15, 0.2) is 0 Å². The maximum absolute atomic E-state index is 13.0. The fourth-order valence-electron chi connectivity index (χ4n) is 3.62. The molecule has 7 heteroatoms. The average Bonchev–Trinajstić information content (AvgIpc) is 3.12. The van der Waals surface area contributed by atoms with Crippen molar-refractivity contribution in [1.82, 2.24) is 15.2 Å². The molecule has 1 aliphatic rings. The zero-order valence-electron chi connectivity index (χ0n) is 18.2. The molecule has 0 saturated carbocycles. The fourth-order valence-corrected chi connectivity index (χ4v) is 4.24. The van der Waals surface area contributed by atoms with Crippen LogP contribution in [0.3, 0.4) is 0 Å². The number of carbonyl (C=O) groups excluding carboxylic acids is 2. The number of alkyl carbamates (subject to hydrolysis) is 1. The van der Waals surface area contributed by atoms with E-state index >= 15 is 0 Å². The van der Waals surface area contributed by atoms with Crippen LogP contribution in [0.15, 0.2) is 29.6 Å². The Morgan fingerprint density at radius 1 is 1.23 bits per heavy atom. The van der Waals surface area contributed by atoms with Crippen LogP contribution in [0.25, 0.3) is 11.3 Å². The van der Waals surface area contributed by atoms with Gasteiger partial charge in [-0.15, -0.1) is 11.3 Å². The van der Waals surface area contributed by atoms with Gasteiger partial charge in [-0.05, 0) is 52.5 Å². The molecular formula is C23H31N3O3S. The first-order valence-corrected chi connectivity index (χ1v) is 11.4. The van der Waals surface area contributed by atoms with E-state index in [0.717, 1.165) is 47.6 Å². The molecule has 2 aromatic rings. The van der Waals surface area contributed by atoms with Crippen LogP contribution in [0.2, 0.25) is 0 Å². The van der Waals surface area contributed by atoms with E-state index in [0.29, 0.717) is 13.0 Å². The van der Waals surface area contributed by atoms with Gasteiger partial charge in [0.1, 0.15) is 5.60 Å². The van der Waals surface area contributed by atoms with E-state index in [4.69, 9.17) is 4.74 Å². The fraction of sp³-hybridized carbons (Fsp3) is 0.522. The van der Waals surface area contributed by atoms with E-state index in [1.165, 1.54) is 0 Å². The van der Waals surface area contributed by atoms with Crippen molar-refractivity contribution in [2.45, 2.75) is 65.0 Å². The maximum Gasteiger partial charge on any atom is 0.407 e. The molecule has 3 rings (SSSR count). The molecule has 162 valence electrons. The van der Waals surface area contributed by atoms with Crippen LogP contribution in [0, 0.1) is 6.92 Å². The number of hydrogen-bond acceptors (Lipinski definition) is 5. The first kappa shape index (κ1) is 22.3. The van der Waals surface area contributed by atoms with Gasteiger partial charge < -0.3 is 15.0 Å². The molecule has 1 N–H and O–H groups in total. The van der Waals surface area contributed by atoms with Crippen LogP contribution in [-0.4, -0.2) is 46.6 Å². The van der Waals surface area contributed by atoms with Crippen molar-refractivity contribution in [3.63, 3.8) is 0 Å². The predicted octanol–water partition coefficient (Wildman–Crippen LogP) is 4.57. The minimum atomic E-state index is -0.532. The molecule has 1 atom stereocenters. The maximum atomic E-state index is 13.0. The van der Waals surface area contributed by atoms with Gasteiger partial charge in [0.2, 0.25) is 5.91 Å². The Morgan fingerprint density at radius 3 is 2.60 bits per heavy atom. The second kappa shape index (κ2) is 9.60. The van der Waals surface area contributed by atoms with E-state index in [-0.39, 0.29) is 11.9 Å². The van der Waals surface area contributed by atoms with Gasteiger partial charge in [0.25, 0.3) is 0 Å². The molecule has 1 saturated heterocycles. The summed E-state index contributed by atoms with van der Waals surface area (Å²) < 4.78 is 5.31. The molecule has 2 amide bonds. The van der Waals surface area contributed by atoms with Gasteiger partial charge in [0, 0.05) is 30.1 Å². The Labute approximate surface area is 182 Å². The minimum Gasteiger partial charge on any atom is -0.444 e. The van der Waals surface area contributed by atoms with Gasteiger partial charge in [0.05, 0.1) is 17.1 Å². The second-order valence-electron chi connectivity index (χ2n) is 8.74. The summed E-state index contributed by atoms with van der Waals surface area (Å²) in [7, 11) is 0. The highest BCUT2D eigenvalue weighted by Crippen LogP contribution is 2.23. The number of thiazole rings is 1. The first-order chi connectivity index (χ1) is 14.2. The molecule has 0 spiro atoms. The smallest absolute Gasteiger partial charge is 0.407 e. The van der Waals surface area contributed by atoms with Crippen LogP contribution >= 0.6 is 11.3 Å². The summed E-state index contributed by atoms with van der Waals surface area (Å²) in [4.78, 5) is 31.4. The van der Waals surface area contributed by atoms with E-state index in [2.05, 4.69) is 10.3 Å². The van der Waals surface area contributed by atoms with E-state index in [1.807, 2.05) is 62.2 Å². The third-order valence-corrected chi connectivity index (χ3v) is 5.83. The van der Waals surface area contributed by atoms with Crippen molar-refractivity contribution < 1.29 is 14.3 Å². The van der Waals surface area contributed by atoms with Gasteiger partial charge >= 0.3 is 6.09 Å². The molecule has 6 nitrogen and oxygen atoms in total. The second-order valence-corrected chi connectivity index (χ2v) is 9.81. The number of aromatic nitrogens is 1. The monoisotopic (exact) mass is 429 g/mol. The molecule has 1 aliphatic heterocycles. The predicted molar refractivity (Wildman–Crippen MR) is 120 cm³/mol. The Bertz CT molecular complexity index is 871. The van der Waals surface area contributed by atoms with Crippen LogP contribution in [0.5, 0.6) is 0 Å². The minimum absolute atomic E-state index is 0.0102. The lowest BCUT2D eigenvalue weighted by atomic mass is 10.00. The lowest BCUT2D eigenvalue weighted by Crippen LogP contribution is -2.50. The highest BCUT2D eigenvalue weighted by atomic mass is 32.1. The number of carbonyl (C=O) groups is 2. The normalized spacial score (nSPS) is 16.9. The molecular weight excluding hydrogens is 398 g/mol. The van der Waals surface area contributed by atoms with Crippen LogP contribution in [0.4, 0.5) is 4.79 Å². The zero-order valence-corrected chi connectivity index (χ0v) is 19.1. The van der Waals surface area contributed by atoms with E-state index < -0.39 is 11.7 Å². The lowest BCUT2D eigenvalue weighted by Gasteiger charge is -2.36. The summed E-state index contributed by atoms with van der Waals surface area (Å²) in [6, 6.07) is 8.06. The van der Waals surface area contributed by atoms with E-state index in [1.54, 1.807) is 11.3 Å². The van der Waals surface area contributed by atoms with Gasteiger partial charge in [-0.3, -0.25) is 4.79 Å². The van der Waals surface area contributed by atoms with Crippen molar-refractivity contribution in [3.05, 3.63) is 40.2 Å². The number of benzene rings is 1. The summed E-state index contributed by atoms with van der Waals surface area (Å²) in [6.45, 7) is 8.66. The third-order valence-electron chi connectivity index (χ3n) is 5.05. The quantitative estimate of drug-likeness (QED) is 0.756. The number of aryl methyl sites for hydroxylation is 1. The Balaban J connectivity index is 1.57.